The number of nitrogens with one attached hydrogen (secondary N) is 1. The number of carbonyl (C=O) groups is 1. The topological polar surface area (TPSA) is 107 Å². The van der Waals surface area contributed by atoms with E-state index in [-0.39, 0.29) is 11.6 Å². The highest BCUT2D eigenvalue weighted by Crippen LogP contribution is 2.13. The van der Waals surface area contributed by atoms with Crippen molar-refractivity contribution in [2.45, 2.75) is 39.0 Å². The monoisotopic (exact) mass is 297 g/mol. The van der Waals surface area contributed by atoms with Crippen molar-refractivity contribution in [3.63, 3.8) is 0 Å². The number of furan rings is 1. The molecule has 1 aromatic heterocycles. The third-order valence-electron chi connectivity index (χ3n) is 2.62. The van der Waals surface area contributed by atoms with E-state index in [9.17, 15) is 14.9 Å². The summed E-state index contributed by atoms with van der Waals surface area (Å²) in [4.78, 5) is 21.0. The first-order chi connectivity index (χ1) is 10.1. The number of hydrogen-bond acceptors (Lipinski definition) is 6. The summed E-state index contributed by atoms with van der Waals surface area (Å²) in [7, 11) is 0. The zero-order valence-electron chi connectivity index (χ0n) is 11.9. The van der Waals surface area contributed by atoms with Gasteiger partial charge in [0.15, 0.2) is 5.76 Å². The summed E-state index contributed by atoms with van der Waals surface area (Å²) in [5.74, 6) is -0.215. The number of amides is 1. The fourth-order valence-electron chi connectivity index (χ4n) is 1.56. The van der Waals surface area contributed by atoms with Gasteiger partial charge in [0.1, 0.15) is 4.92 Å². The van der Waals surface area contributed by atoms with Crippen LogP contribution in [-0.4, -0.2) is 23.8 Å². The predicted molar refractivity (Wildman–Crippen MR) is 76.2 cm³/mol. The molecule has 1 rings (SSSR count). The van der Waals surface area contributed by atoms with Crippen LogP contribution in [0.15, 0.2) is 21.7 Å². The molecular weight excluding hydrogens is 278 g/mol. The van der Waals surface area contributed by atoms with E-state index >= 15 is 0 Å². The molecule has 1 amide bonds. The average Bonchev–Trinajstić information content (AvgIpc) is 2.92. The first kappa shape index (κ1) is 16.7. The first-order valence-electron chi connectivity index (χ1n) is 6.83. The Labute approximate surface area is 122 Å². The first-order valence-corrected chi connectivity index (χ1v) is 6.83. The Morgan fingerprint density at radius 1 is 1.43 bits per heavy atom. The second kappa shape index (κ2) is 9.51. The molecule has 0 unspecified atom stereocenters. The van der Waals surface area contributed by atoms with Crippen LogP contribution in [0.5, 0.6) is 0 Å². The van der Waals surface area contributed by atoms with E-state index in [1.54, 1.807) is 0 Å². The molecule has 0 aromatic carbocycles. The molecule has 0 fully saturated rings. The second-order valence-electron chi connectivity index (χ2n) is 4.35. The van der Waals surface area contributed by atoms with Crippen LogP contribution in [-0.2, 0) is 4.74 Å². The normalized spacial score (nSPS) is 10.7. The molecule has 0 aliphatic carbocycles. The fourth-order valence-corrected chi connectivity index (χ4v) is 1.56. The quantitative estimate of drug-likeness (QED) is 0.326. The molecule has 8 nitrogen and oxygen atoms in total. The smallest absolute Gasteiger partial charge is 0.433 e. The number of unbranched alkanes of at least 4 members (excludes halogenated alkanes) is 4. The maximum absolute atomic E-state index is 11.2. The lowest BCUT2D eigenvalue weighted by atomic mass is 10.2. The van der Waals surface area contributed by atoms with Crippen molar-refractivity contribution in [1.82, 2.24) is 5.43 Å². The third-order valence-corrected chi connectivity index (χ3v) is 2.62. The van der Waals surface area contributed by atoms with Gasteiger partial charge in [-0.05, 0) is 12.5 Å². The summed E-state index contributed by atoms with van der Waals surface area (Å²) in [6.45, 7) is 2.48. The van der Waals surface area contributed by atoms with Gasteiger partial charge >= 0.3 is 12.0 Å². The standard InChI is InChI=1S/C13H19N3O5/c1-2-3-4-5-6-9-20-13(17)15-14-10-11-7-8-12(21-11)16(18)19/h7-8,10H,2-6,9H2,1H3,(H,15,17). The SMILES string of the molecule is CCCCCCCOC(=O)NN=Cc1ccc([N+](=O)[O-])o1. The van der Waals surface area contributed by atoms with Crippen molar-refractivity contribution in [2.24, 2.45) is 5.10 Å². The van der Waals surface area contributed by atoms with Crippen LogP contribution < -0.4 is 5.43 Å². The lowest BCUT2D eigenvalue weighted by molar-refractivity contribution is -0.402. The second-order valence-corrected chi connectivity index (χ2v) is 4.35. The number of ether oxygens (including phenoxy) is 1. The van der Waals surface area contributed by atoms with E-state index in [1.807, 2.05) is 0 Å². The molecule has 0 aliphatic heterocycles. The largest absolute Gasteiger partial charge is 0.448 e. The number of hydrazone groups is 1. The van der Waals surface area contributed by atoms with Crippen molar-refractivity contribution in [2.75, 3.05) is 6.61 Å². The highest BCUT2D eigenvalue weighted by molar-refractivity contribution is 5.78. The molecule has 116 valence electrons. The Balaban J connectivity index is 2.17. The van der Waals surface area contributed by atoms with Crippen LogP contribution in [0.3, 0.4) is 0 Å². The van der Waals surface area contributed by atoms with E-state index in [0.29, 0.717) is 6.61 Å². The highest BCUT2D eigenvalue weighted by Gasteiger charge is 2.10. The summed E-state index contributed by atoms with van der Waals surface area (Å²) >= 11 is 0. The minimum Gasteiger partial charge on any atom is -0.448 e. The zero-order valence-corrected chi connectivity index (χ0v) is 11.9. The van der Waals surface area contributed by atoms with Gasteiger partial charge in [0.2, 0.25) is 0 Å². The van der Waals surface area contributed by atoms with Crippen molar-refractivity contribution >= 4 is 18.2 Å². The number of nitrogens with zero attached hydrogens (tertiary/aromatic N) is 2. The molecule has 1 N–H and O–H groups in total. The molecule has 0 radical (unpaired) electrons. The van der Waals surface area contributed by atoms with Crippen LogP contribution in [0.1, 0.15) is 44.8 Å². The number of hydrogen-bond donors (Lipinski definition) is 1. The van der Waals surface area contributed by atoms with Gasteiger partial charge in [0, 0.05) is 0 Å². The molecule has 0 spiro atoms. The number of carbonyl (C=O) groups excluding carboxylic acids is 1. The Kier molecular flexibility index (Phi) is 7.55. The van der Waals surface area contributed by atoms with E-state index in [2.05, 4.69) is 17.5 Å². The summed E-state index contributed by atoms with van der Waals surface area (Å²) in [6, 6.07) is 2.58. The highest BCUT2D eigenvalue weighted by atomic mass is 16.6. The van der Waals surface area contributed by atoms with Crippen LogP contribution in [0.2, 0.25) is 0 Å². The van der Waals surface area contributed by atoms with Crippen molar-refractivity contribution in [3.8, 4) is 0 Å². The van der Waals surface area contributed by atoms with Gasteiger partial charge < -0.3 is 9.15 Å². The molecule has 0 saturated carbocycles. The Morgan fingerprint density at radius 3 is 2.86 bits per heavy atom. The molecule has 1 aromatic rings. The van der Waals surface area contributed by atoms with Gasteiger partial charge in [-0.3, -0.25) is 10.1 Å². The molecule has 1 heterocycles. The van der Waals surface area contributed by atoms with Crippen LogP contribution in [0.4, 0.5) is 10.7 Å². The minimum atomic E-state index is -0.664. The molecular formula is C13H19N3O5. The van der Waals surface area contributed by atoms with E-state index in [1.165, 1.54) is 25.0 Å². The van der Waals surface area contributed by atoms with Crippen molar-refractivity contribution < 1.29 is 18.9 Å². The van der Waals surface area contributed by atoms with Gasteiger partial charge in [0.25, 0.3) is 0 Å². The molecule has 0 aliphatic rings. The lowest BCUT2D eigenvalue weighted by Crippen LogP contribution is -2.19. The molecule has 0 bridgehead atoms. The molecule has 8 heteroatoms. The predicted octanol–water partition coefficient (Wildman–Crippen LogP) is 3.22. The van der Waals surface area contributed by atoms with Gasteiger partial charge in [-0.1, -0.05) is 32.6 Å². The van der Waals surface area contributed by atoms with Crippen molar-refractivity contribution in [1.29, 1.82) is 0 Å². The Morgan fingerprint density at radius 2 is 2.19 bits per heavy atom. The molecule has 0 saturated heterocycles. The van der Waals surface area contributed by atoms with Gasteiger partial charge in [-0.2, -0.15) is 5.10 Å². The zero-order chi connectivity index (χ0) is 15.5. The molecule has 0 atom stereocenters. The summed E-state index contributed by atoms with van der Waals surface area (Å²) in [5.41, 5.74) is 2.15. The van der Waals surface area contributed by atoms with Gasteiger partial charge in [0.05, 0.1) is 18.9 Å². The summed E-state index contributed by atoms with van der Waals surface area (Å²) in [6.07, 6.45) is 5.84. The van der Waals surface area contributed by atoms with Crippen LogP contribution in [0, 0.1) is 10.1 Å². The van der Waals surface area contributed by atoms with Gasteiger partial charge in [-0.15, -0.1) is 0 Å². The van der Waals surface area contributed by atoms with Crippen LogP contribution in [0.25, 0.3) is 0 Å². The third kappa shape index (κ3) is 7.09. The van der Waals surface area contributed by atoms with E-state index in [0.717, 1.165) is 25.5 Å². The Hall–Kier alpha value is -2.38. The van der Waals surface area contributed by atoms with E-state index < -0.39 is 11.0 Å². The summed E-state index contributed by atoms with van der Waals surface area (Å²) in [5, 5.41) is 14.0. The maximum Gasteiger partial charge on any atom is 0.433 e. The maximum atomic E-state index is 11.2. The number of rotatable bonds is 9. The lowest BCUT2D eigenvalue weighted by Gasteiger charge is -2.03. The molecule has 21 heavy (non-hydrogen) atoms. The summed E-state index contributed by atoms with van der Waals surface area (Å²) < 4.78 is 9.72. The average molecular weight is 297 g/mol. The fraction of sp³-hybridized carbons (Fsp3) is 0.538. The van der Waals surface area contributed by atoms with Crippen LogP contribution >= 0.6 is 0 Å². The van der Waals surface area contributed by atoms with E-state index in [4.69, 9.17) is 9.15 Å². The minimum absolute atomic E-state index is 0.168. The van der Waals surface area contributed by atoms with Crippen molar-refractivity contribution in [3.05, 3.63) is 28.0 Å². The van der Waals surface area contributed by atoms with Gasteiger partial charge in [-0.25, -0.2) is 10.2 Å². The number of nitro groups is 1. The Bertz CT molecular complexity index is 484.